The minimum Gasteiger partial charge on any atom is -0.365 e. The Kier molecular flexibility index (Phi) is 2.95. The summed E-state index contributed by atoms with van der Waals surface area (Å²) in [5, 5.41) is 7.60. The molecule has 3 nitrogen and oxygen atoms in total. The number of nitrogens with zero attached hydrogens (tertiary/aromatic N) is 2. The molecule has 0 unspecified atom stereocenters. The topological polar surface area (TPSA) is 29.9 Å². The fraction of sp³-hybridized carbons (Fsp3) is 0.308. The highest BCUT2D eigenvalue weighted by molar-refractivity contribution is 5.37. The molecular weight excluding hydrogens is 198 g/mol. The largest absolute Gasteiger partial charge is 0.365 e. The molecule has 0 aliphatic heterocycles. The van der Waals surface area contributed by atoms with Crippen LogP contribution in [0.3, 0.4) is 0 Å². The molecule has 0 aliphatic rings. The maximum Gasteiger partial charge on any atom is 0.148 e. The number of hydrogen-bond donors (Lipinski definition) is 1. The number of benzene rings is 1. The second kappa shape index (κ2) is 4.39. The van der Waals surface area contributed by atoms with Crippen molar-refractivity contribution in [3.8, 4) is 0 Å². The number of nitrogens with one attached hydrogen (secondary N) is 1. The summed E-state index contributed by atoms with van der Waals surface area (Å²) in [5.41, 5.74) is 3.93. The van der Waals surface area contributed by atoms with Gasteiger partial charge in [0.15, 0.2) is 0 Å². The highest BCUT2D eigenvalue weighted by Crippen LogP contribution is 2.12. The summed E-state index contributed by atoms with van der Waals surface area (Å²) in [4.78, 5) is 0. The number of aryl methyl sites for hydroxylation is 3. The molecule has 0 atom stereocenters. The molecule has 1 heterocycles. The van der Waals surface area contributed by atoms with Gasteiger partial charge in [0.25, 0.3) is 0 Å². The second-order valence-corrected chi connectivity index (χ2v) is 4.16. The van der Waals surface area contributed by atoms with Crippen molar-refractivity contribution in [3.05, 3.63) is 47.2 Å². The van der Waals surface area contributed by atoms with E-state index >= 15 is 0 Å². The molecule has 0 aliphatic carbocycles. The van der Waals surface area contributed by atoms with Crippen LogP contribution in [0.2, 0.25) is 0 Å². The van der Waals surface area contributed by atoms with E-state index in [2.05, 4.69) is 42.5 Å². The van der Waals surface area contributed by atoms with Gasteiger partial charge in [-0.1, -0.05) is 23.8 Å². The second-order valence-electron chi connectivity index (χ2n) is 4.16. The van der Waals surface area contributed by atoms with Crippen LogP contribution in [0.4, 0.5) is 5.82 Å². The van der Waals surface area contributed by atoms with Crippen LogP contribution in [0, 0.1) is 13.8 Å². The van der Waals surface area contributed by atoms with Crippen molar-refractivity contribution in [3.63, 3.8) is 0 Å². The summed E-state index contributed by atoms with van der Waals surface area (Å²) < 4.78 is 1.80. The maximum absolute atomic E-state index is 4.28. The van der Waals surface area contributed by atoms with Crippen LogP contribution >= 0.6 is 0 Å². The first-order valence-electron chi connectivity index (χ1n) is 5.45. The molecule has 2 rings (SSSR count). The lowest BCUT2D eigenvalue weighted by Gasteiger charge is -2.07. The van der Waals surface area contributed by atoms with Crippen molar-refractivity contribution in [2.24, 2.45) is 7.05 Å². The minimum atomic E-state index is 0.824. The fourth-order valence-electron chi connectivity index (χ4n) is 1.69. The van der Waals surface area contributed by atoms with Crippen LogP contribution in [-0.2, 0) is 13.6 Å². The van der Waals surface area contributed by atoms with Gasteiger partial charge in [-0.25, -0.2) is 0 Å². The van der Waals surface area contributed by atoms with Crippen molar-refractivity contribution >= 4 is 5.82 Å². The van der Waals surface area contributed by atoms with Crippen molar-refractivity contribution in [1.29, 1.82) is 0 Å². The van der Waals surface area contributed by atoms with E-state index in [0.717, 1.165) is 12.4 Å². The van der Waals surface area contributed by atoms with Gasteiger partial charge in [-0.05, 0) is 25.0 Å². The number of hydrogen-bond acceptors (Lipinski definition) is 2. The van der Waals surface area contributed by atoms with E-state index in [0.29, 0.717) is 0 Å². The number of aromatic nitrogens is 2. The minimum absolute atomic E-state index is 0.824. The van der Waals surface area contributed by atoms with Gasteiger partial charge >= 0.3 is 0 Å². The SMILES string of the molecule is Cc1ccc(C)c(CNc2ccn(C)n2)c1. The molecule has 0 bridgehead atoms. The lowest BCUT2D eigenvalue weighted by molar-refractivity contribution is 0.768. The molecular formula is C13H17N3. The Morgan fingerprint density at radius 1 is 1.25 bits per heavy atom. The molecule has 1 aromatic carbocycles. The van der Waals surface area contributed by atoms with E-state index in [1.54, 1.807) is 4.68 Å². The Morgan fingerprint density at radius 2 is 2.06 bits per heavy atom. The average molecular weight is 215 g/mol. The van der Waals surface area contributed by atoms with Crippen molar-refractivity contribution in [2.75, 3.05) is 5.32 Å². The normalized spacial score (nSPS) is 10.4. The third-order valence-corrected chi connectivity index (χ3v) is 2.68. The Bertz CT molecular complexity index is 486. The standard InChI is InChI=1S/C13H17N3/c1-10-4-5-11(2)12(8-10)9-14-13-6-7-16(3)15-13/h4-8H,9H2,1-3H3,(H,14,15). The van der Waals surface area contributed by atoms with Crippen molar-refractivity contribution < 1.29 is 0 Å². The fourth-order valence-corrected chi connectivity index (χ4v) is 1.69. The van der Waals surface area contributed by atoms with E-state index in [4.69, 9.17) is 0 Å². The molecule has 16 heavy (non-hydrogen) atoms. The van der Waals surface area contributed by atoms with Crippen LogP contribution in [-0.4, -0.2) is 9.78 Å². The van der Waals surface area contributed by atoms with Crippen LogP contribution in [0.25, 0.3) is 0 Å². The predicted molar refractivity (Wildman–Crippen MR) is 66.5 cm³/mol. The maximum atomic E-state index is 4.28. The molecule has 1 N–H and O–H groups in total. The average Bonchev–Trinajstić information content (AvgIpc) is 2.66. The van der Waals surface area contributed by atoms with Gasteiger partial charge in [-0.3, -0.25) is 4.68 Å². The first-order chi connectivity index (χ1) is 7.65. The van der Waals surface area contributed by atoms with E-state index in [1.165, 1.54) is 16.7 Å². The van der Waals surface area contributed by atoms with Gasteiger partial charge in [-0.2, -0.15) is 5.10 Å². The third kappa shape index (κ3) is 2.42. The van der Waals surface area contributed by atoms with Crippen molar-refractivity contribution in [2.45, 2.75) is 20.4 Å². The summed E-state index contributed by atoms with van der Waals surface area (Å²) in [5.74, 6) is 0.920. The summed E-state index contributed by atoms with van der Waals surface area (Å²) in [6.07, 6.45) is 1.94. The molecule has 2 aromatic rings. The Balaban J connectivity index is 2.07. The first-order valence-corrected chi connectivity index (χ1v) is 5.45. The lowest BCUT2D eigenvalue weighted by atomic mass is 10.1. The molecule has 0 radical (unpaired) electrons. The van der Waals surface area contributed by atoms with Crippen LogP contribution in [0.5, 0.6) is 0 Å². The van der Waals surface area contributed by atoms with Gasteiger partial charge in [0.2, 0.25) is 0 Å². The van der Waals surface area contributed by atoms with E-state index in [-0.39, 0.29) is 0 Å². The summed E-state index contributed by atoms with van der Waals surface area (Å²) >= 11 is 0. The summed E-state index contributed by atoms with van der Waals surface area (Å²) in [6.45, 7) is 5.07. The van der Waals surface area contributed by atoms with Gasteiger partial charge in [0.05, 0.1) is 0 Å². The molecule has 1 aromatic heterocycles. The lowest BCUT2D eigenvalue weighted by Crippen LogP contribution is -2.02. The molecule has 0 spiro atoms. The predicted octanol–water partition coefficient (Wildman–Crippen LogP) is 2.65. The quantitative estimate of drug-likeness (QED) is 0.853. The van der Waals surface area contributed by atoms with E-state index in [1.807, 2.05) is 19.3 Å². The summed E-state index contributed by atoms with van der Waals surface area (Å²) in [6, 6.07) is 8.49. The highest BCUT2D eigenvalue weighted by Gasteiger charge is 2.00. The Labute approximate surface area is 96.1 Å². The van der Waals surface area contributed by atoms with Crippen LogP contribution < -0.4 is 5.32 Å². The zero-order valence-electron chi connectivity index (χ0n) is 9.99. The molecule has 3 heteroatoms. The third-order valence-electron chi connectivity index (χ3n) is 2.68. The molecule has 0 fully saturated rings. The zero-order chi connectivity index (χ0) is 11.5. The number of rotatable bonds is 3. The molecule has 0 saturated carbocycles. The van der Waals surface area contributed by atoms with E-state index in [9.17, 15) is 0 Å². The van der Waals surface area contributed by atoms with Gasteiger partial charge in [-0.15, -0.1) is 0 Å². The van der Waals surface area contributed by atoms with Gasteiger partial charge < -0.3 is 5.32 Å². The monoisotopic (exact) mass is 215 g/mol. The Morgan fingerprint density at radius 3 is 2.75 bits per heavy atom. The van der Waals surface area contributed by atoms with E-state index < -0.39 is 0 Å². The molecule has 0 amide bonds. The summed E-state index contributed by atoms with van der Waals surface area (Å²) in [7, 11) is 1.92. The smallest absolute Gasteiger partial charge is 0.148 e. The molecule has 84 valence electrons. The van der Waals surface area contributed by atoms with Crippen molar-refractivity contribution in [1.82, 2.24) is 9.78 Å². The number of anilines is 1. The van der Waals surface area contributed by atoms with Gasteiger partial charge in [0, 0.05) is 25.9 Å². The Hall–Kier alpha value is -1.77. The zero-order valence-corrected chi connectivity index (χ0v) is 9.99. The molecule has 0 saturated heterocycles. The van der Waals surface area contributed by atoms with Gasteiger partial charge in [0.1, 0.15) is 5.82 Å². The first kappa shape index (κ1) is 10.7. The van der Waals surface area contributed by atoms with Crippen LogP contribution in [0.15, 0.2) is 30.5 Å². The van der Waals surface area contributed by atoms with Crippen LogP contribution in [0.1, 0.15) is 16.7 Å². The highest BCUT2D eigenvalue weighted by atomic mass is 15.3.